The van der Waals surface area contributed by atoms with Crippen LogP contribution < -0.4 is 5.43 Å². The normalized spacial score (nSPS) is 11.6. The Morgan fingerprint density at radius 2 is 1.62 bits per heavy atom. The number of hydrazone groups is 1. The molecule has 0 aliphatic rings. The molecule has 1 heterocycles. The second-order valence-corrected chi connectivity index (χ2v) is 9.69. The van der Waals surface area contributed by atoms with Crippen LogP contribution in [0, 0.1) is 0 Å². The fraction of sp³-hybridized carbons (Fsp3) is 0.387. The Balaban J connectivity index is 1.35. The molecule has 194 valence electrons. The minimum atomic E-state index is -0.229. The minimum Gasteiger partial charge on any atom is -0.507 e. The summed E-state index contributed by atoms with van der Waals surface area (Å²) < 4.78 is 2.00. The van der Waals surface area contributed by atoms with Crippen LogP contribution in [-0.4, -0.2) is 26.8 Å². The predicted molar refractivity (Wildman–Crippen MR) is 152 cm³/mol. The standard InChI is InChI=1S/C31H38N4O2/c1-2-3-4-5-6-7-8-9-10-19-30-33-27-17-13-14-18-28(27)35(30)23-31(37)34-32-22-26-25-16-12-11-15-24(25)20-21-29(26)36/h11-18,20-22,36H,2-10,19,23H2,1H3,(H,34,37). The van der Waals surface area contributed by atoms with Crippen LogP contribution in [0.2, 0.25) is 0 Å². The Hall–Kier alpha value is -3.67. The Morgan fingerprint density at radius 3 is 2.43 bits per heavy atom. The molecular formula is C31H38N4O2. The highest BCUT2D eigenvalue weighted by Gasteiger charge is 2.13. The quantitative estimate of drug-likeness (QED) is 0.110. The van der Waals surface area contributed by atoms with Crippen molar-refractivity contribution < 1.29 is 9.90 Å². The second-order valence-electron chi connectivity index (χ2n) is 9.69. The van der Waals surface area contributed by atoms with E-state index in [-0.39, 0.29) is 18.2 Å². The molecule has 4 aromatic rings. The molecule has 6 heteroatoms. The van der Waals surface area contributed by atoms with Crippen molar-refractivity contribution in [2.24, 2.45) is 5.10 Å². The van der Waals surface area contributed by atoms with E-state index in [1.807, 2.05) is 59.2 Å². The number of aromatic nitrogens is 2. The van der Waals surface area contributed by atoms with Crippen LogP contribution in [-0.2, 0) is 17.8 Å². The van der Waals surface area contributed by atoms with Crippen LogP contribution in [0.25, 0.3) is 21.8 Å². The number of hydrogen-bond donors (Lipinski definition) is 2. The lowest BCUT2D eigenvalue weighted by Crippen LogP contribution is -2.24. The van der Waals surface area contributed by atoms with Crippen molar-refractivity contribution in [2.45, 2.75) is 77.7 Å². The average Bonchev–Trinajstić information content (AvgIpc) is 3.26. The molecule has 6 nitrogen and oxygen atoms in total. The molecule has 3 aromatic carbocycles. The molecule has 0 aliphatic carbocycles. The number of unbranched alkanes of at least 4 members (excludes halogenated alkanes) is 8. The molecule has 0 atom stereocenters. The van der Waals surface area contributed by atoms with E-state index in [1.165, 1.54) is 57.6 Å². The van der Waals surface area contributed by atoms with E-state index in [0.717, 1.165) is 40.5 Å². The van der Waals surface area contributed by atoms with Crippen molar-refractivity contribution in [3.05, 3.63) is 72.1 Å². The highest BCUT2D eigenvalue weighted by molar-refractivity contribution is 6.02. The Morgan fingerprint density at radius 1 is 0.919 bits per heavy atom. The molecule has 0 aliphatic heterocycles. The van der Waals surface area contributed by atoms with Crippen LogP contribution in [0.5, 0.6) is 5.75 Å². The smallest absolute Gasteiger partial charge is 0.260 e. The molecule has 0 unspecified atom stereocenters. The van der Waals surface area contributed by atoms with Gasteiger partial charge in [-0.1, -0.05) is 101 Å². The number of aromatic hydroxyl groups is 1. The van der Waals surface area contributed by atoms with Crippen LogP contribution >= 0.6 is 0 Å². The fourth-order valence-electron chi connectivity index (χ4n) is 4.85. The number of para-hydroxylation sites is 2. The van der Waals surface area contributed by atoms with Gasteiger partial charge in [-0.25, -0.2) is 10.4 Å². The number of carbonyl (C=O) groups is 1. The van der Waals surface area contributed by atoms with Crippen molar-refractivity contribution in [2.75, 3.05) is 0 Å². The van der Waals surface area contributed by atoms with Crippen LogP contribution in [0.3, 0.4) is 0 Å². The zero-order valence-corrected chi connectivity index (χ0v) is 21.8. The zero-order valence-electron chi connectivity index (χ0n) is 21.8. The maximum absolute atomic E-state index is 12.8. The number of hydrogen-bond acceptors (Lipinski definition) is 4. The van der Waals surface area contributed by atoms with Gasteiger partial charge in [0.1, 0.15) is 18.1 Å². The van der Waals surface area contributed by atoms with E-state index >= 15 is 0 Å². The third kappa shape index (κ3) is 7.19. The van der Waals surface area contributed by atoms with Crippen LogP contribution in [0.1, 0.15) is 76.1 Å². The predicted octanol–water partition coefficient (Wildman–Crippen LogP) is 7.12. The molecule has 0 radical (unpaired) electrons. The number of carbonyl (C=O) groups excluding carboxylic acids is 1. The number of nitrogens with zero attached hydrogens (tertiary/aromatic N) is 3. The number of rotatable bonds is 14. The summed E-state index contributed by atoms with van der Waals surface area (Å²) in [5.74, 6) is 0.836. The number of phenols is 1. The number of phenolic OH excluding ortho intramolecular Hbond substituents is 1. The van der Waals surface area contributed by atoms with E-state index in [2.05, 4.69) is 17.5 Å². The van der Waals surface area contributed by atoms with E-state index in [9.17, 15) is 9.90 Å². The van der Waals surface area contributed by atoms with Gasteiger partial charge in [0.15, 0.2) is 0 Å². The number of fused-ring (bicyclic) bond motifs is 2. The molecule has 1 amide bonds. The lowest BCUT2D eigenvalue weighted by Gasteiger charge is -2.09. The van der Waals surface area contributed by atoms with E-state index in [0.29, 0.717) is 5.56 Å². The van der Waals surface area contributed by atoms with Gasteiger partial charge in [-0.2, -0.15) is 5.10 Å². The Labute approximate surface area is 219 Å². The number of amides is 1. The first-order valence-electron chi connectivity index (χ1n) is 13.6. The first-order valence-corrected chi connectivity index (χ1v) is 13.6. The van der Waals surface area contributed by atoms with Gasteiger partial charge in [0.05, 0.1) is 17.2 Å². The van der Waals surface area contributed by atoms with Gasteiger partial charge in [-0.15, -0.1) is 0 Å². The molecular weight excluding hydrogens is 460 g/mol. The van der Waals surface area contributed by atoms with E-state index in [4.69, 9.17) is 4.98 Å². The molecule has 1 aromatic heterocycles. The van der Waals surface area contributed by atoms with Crippen LogP contribution in [0.4, 0.5) is 0 Å². The summed E-state index contributed by atoms with van der Waals surface area (Å²) in [4.78, 5) is 17.7. The molecule has 0 spiro atoms. The van der Waals surface area contributed by atoms with Gasteiger partial charge in [-0.05, 0) is 35.4 Å². The third-order valence-electron chi connectivity index (χ3n) is 6.87. The molecule has 0 fully saturated rings. The van der Waals surface area contributed by atoms with Gasteiger partial charge in [0.2, 0.25) is 0 Å². The summed E-state index contributed by atoms with van der Waals surface area (Å²) >= 11 is 0. The maximum atomic E-state index is 12.8. The van der Waals surface area contributed by atoms with E-state index in [1.54, 1.807) is 6.07 Å². The van der Waals surface area contributed by atoms with Crippen molar-refractivity contribution >= 4 is 33.9 Å². The summed E-state index contributed by atoms with van der Waals surface area (Å²) in [6, 6.07) is 19.2. The SMILES string of the molecule is CCCCCCCCCCCc1nc2ccccc2n1CC(=O)NN=Cc1c(O)ccc2ccccc12. The highest BCUT2D eigenvalue weighted by Crippen LogP contribution is 2.25. The molecule has 0 saturated heterocycles. The van der Waals surface area contributed by atoms with Crippen molar-refractivity contribution in [3.63, 3.8) is 0 Å². The van der Waals surface area contributed by atoms with Crippen molar-refractivity contribution in [1.82, 2.24) is 15.0 Å². The van der Waals surface area contributed by atoms with Gasteiger partial charge < -0.3 is 9.67 Å². The topological polar surface area (TPSA) is 79.5 Å². The molecule has 4 rings (SSSR count). The third-order valence-corrected chi connectivity index (χ3v) is 6.87. The lowest BCUT2D eigenvalue weighted by molar-refractivity contribution is -0.121. The van der Waals surface area contributed by atoms with Gasteiger partial charge in [-0.3, -0.25) is 4.79 Å². The van der Waals surface area contributed by atoms with Crippen molar-refractivity contribution in [1.29, 1.82) is 0 Å². The number of benzene rings is 3. The molecule has 2 N–H and O–H groups in total. The highest BCUT2D eigenvalue weighted by atomic mass is 16.3. The Bertz CT molecular complexity index is 1340. The van der Waals surface area contributed by atoms with E-state index < -0.39 is 0 Å². The summed E-state index contributed by atoms with van der Waals surface area (Å²) in [5, 5.41) is 16.3. The Kier molecular flexibility index (Phi) is 9.69. The molecule has 37 heavy (non-hydrogen) atoms. The molecule has 0 saturated carbocycles. The summed E-state index contributed by atoms with van der Waals surface area (Å²) in [6.45, 7) is 2.40. The monoisotopic (exact) mass is 498 g/mol. The van der Waals surface area contributed by atoms with Crippen LogP contribution in [0.15, 0.2) is 65.8 Å². The second kappa shape index (κ2) is 13.6. The molecule has 0 bridgehead atoms. The van der Waals surface area contributed by atoms with Crippen molar-refractivity contribution in [3.8, 4) is 5.75 Å². The largest absolute Gasteiger partial charge is 0.507 e. The maximum Gasteiger partial charge on any atom is 0.260 e. The summed E-state index contributed by atoms with van der Waals surface area (Å²) in [5.41, 5.74) is 5.08. The average molecular weight is 499 g/mol. The lowest BCUT2D eigenvalue weighted by atomic mass is 10.0. The minimum absolute atomic E-state index is 0.126. The number of aryl methyl sites for hydroxylation is 1. The summed E-state index contributed by atoms with van der Waals surface area (Å²) in [6.07, 6.45) is 13.8. The van der Waals surface area contributed by atoms with Gasteiger partial charge in [0, 0.05) is 12.0 Å². The first kappa shape index (κ1) is 26.4. The van der Waals surface area contributed by atoms with Gasteiger partial charge in [0.25, 0.3) is 5.91 Å². The zero-order chi connectivity index (χ0) is 25.9. The number of nitrogens with one attached hydrogen (secondary N) is 1. The van der Waals surface area contributed by atoms with Gasteiger partial charge >= 0.3 is 0 Å². The first-order chi connectivity index (χ1) is 18.2. The summed E-state index contributed by atoms with van der Waals surface area (Å²) in [7, 11) is 0. The number of imidazole rings is 1. The fourth-order valence-corrected chi connectivity index (χ4v) is 4.85.